The van der Waals surface area contributed by atoms with Gasteiger partial charge >= 0.3 is 0 Å². The van der Waals surface area contributed by atoms with Gasteiger partial charge in [0.15, 0.2) is 0 Å². The van der Waals surface area contributed by atoms with Crippen LogP contribution in [0, 0.1) is 5.92 Å². The van der Waals surface area contributed by atoms with Gasteiger partial charge in [0.1, 0.15) is 5.75 Å². The first-order valence-corrected chi connectivity index (χ1v) is 9.86. The van der Waals surface area contributed by atoms with Gasteiger partial charge in [0.2, 0.25) is 10.0 Å². The van der Waals surface area contributed by atoms with Gasteiger partial charge in [0.25, 0.3) is 0 Å². The molecule has 1 aliphatic carbocycles. The predicted octanol–water partition coefficient (Wildman–Crippen LogP) is 3.08. The summed E-state index contributed by atoms with van der Waals surface area (Å²) < 4.78 is 33.2. The van der Waals surface area contributed by atoms with Crippen LogP contribution >= 0.6 is 12.4 Å². The molecule has 1 aliphatic rings. The van der Waals surface area contributed by atoms with Crippen LogP contribution in [0.25, 0.3) is 0 Å². The third-order valence-electron chi connectivity index (χ3n) is 4.19. The summed E-state index contributed by atoms with van der Waals surface area (Å²) in [6.07, 6.45) is 4.32. The van der Waals surface area contributed by atoms with Crippen molar-refractivity contribution >= 4 is 22.4 Å². The lowest BCUT2D eigenvalue weighted by atomic mass is 9.93. The fraction of sp³-hybridized carbons (Fsp3) is 0.647. The molecule has 0 bridgehead atoms. The Morgan fingerprint density at radius 2 is 1.75 bits per heavy atom. The minimum absolute atomic E-state index is 0. The number of hydrogen-bond donors (Lipinski definition) is 2. The van der Waals surface area contributed by atoms with Crippen molar-refractivity contribution in [1.29, 1.82) is 0 Å². The first-order valence-electron chi connectivity index (χ1n) is 8.37. The van der Waals surface area contributed by atoms with E-state index in [0.717, 1.165) is 32.1 Å². The van der Waals surface area contributed by atoms with Gasteiger partial charge in [-0.05, 0) is 62.3 Å². The minimum Gasteiger partial charge on any atom is -0.494 e. The second kappa shape index (κ2) is 9.61. The fourth-order valence-electron chi connectivity index (χ4n) is 2.65. The Kier molecular flexibility index (Phi) is 8.50. The SMILES string of the molecule is CC(C)CCOc1ccc(S(=O)(=O)NC2CCC(N)CC2)cc1.Cl. The van der Waals surface area contributed by atoms with Crippen molar-refractivity contribution in [2.45, 2.75) is 62.9 Å². The van der Waals surface area contributed by atoms with Crippen molar-refractivity contribution in [3.63, 3.8) is 0 Å². The van der Waals surface area contributed by atoms with E-state index >= 15 is 0 Å². The van der Waals surface area contributed by atoms with Crippen LogP contribution in [0.15, 0.2) is 29.2 Å². The molecule has 138 valence electrons. The average Bonchev–Trinajstić information content (AvgIpc) is 2.50. The van der Waals surface area contributed by atoms with Crippen LogP contribution in [-0.2, 0) is 10.0 Å². The monoisotopic (exact) mass is 376 g/mol. The van der Waals surface area contributed by atoms with Gasteiger partial charge in [-0.25, -0.2) is 13.1 Å². The standard InChI is InChI=1S/C17H28N2O3S.ClH/c1-13(2)11-12-22-16-7-9-17(10-8-16)23(20,21)19-15-5-3-14(18)4-6-15;/h7-10,13-15,19H,3-6,11-12,18H2,1-2H3;1H. The molecule has 2 rings (SSSR count). The van der Waals surface area contributed by atoms with Gasteiger partial charge in [-0.1, -0.05) is 13.8 Å². The lowest BCUT2D eigenvalue weighted by molar-refractivity contribution is 0.289. The molecule has 0 saturated heterocycles. The third-order valence-corrected chi connectivity index (χ3v) is 5.73. The molecule has 0 atom stereocenters. The van der Waals surface area contributed by atoms with Crippen LogP contribution in [0.1, 0.15) is 46.0 Å². The molecule has 1 aromatic carbocycles. The third kappa shape index (κ3) is 6.59. The number of halogens is 1. The van der Waals surface area contributed by atoms with Crippen LogP contribution < -0.4 is 15.2 Å². The van der Waals surface area contributed by atoms with Gasteiger partial charge in [-0.15, -0.1) is 12.4 Å². The zero-order valence-electron chi connectivity index (χ0n) is 14.4. The summed E-state index contributed by atoms with van der Waals surface area (Å²) >= 11 is 0. The first kappa shape index (κ1) is 21.2. The topological polar surface area (TPSA) is 81.4 Å². The predicted molar refractivity (Wildman–Crippen MR) is 99.2 cm³/mol. The van der Waals surface area contributed by atoms with Gasteiger partial charge < -0.3 is 10.5 Å². The zero-order chi connectivity index (χ0) is 16.9. The van der Waals surface area contributed by atoms with Crippen molar-refractivity contribution < 1.29 is 13.2 Å². The molecule has 24 heavy (non-hydrogen) atoms. The van der Waals surface area contributed by atoms with Crippen LogP contribution in [0.5, 0.6) is 5.75 Å². The van der Waals surface area contributed by atoms with Crippen LogP contribution in [0.4, 0.5) is 0 Å². The van der Waals surface area contributed by atoms with E-state index in [1.54, 1.807) is 24.3 Å². The Balaban J connectivity index is 0.00000288. The van der Waals surface area contributed by atoms with Crippen molar-refractivity contribution in [2.75, 3.05) is 6.61 Å². The molecule has 0 spiro atoms. The van der Waals surface area contributed by atoms with Gasteiger partial charge in [0.05, 0.1) is 11.5 Å². The summed E-state index contributed by atoms with van der Waals surface area (Å²) in [6.45, 7) is 4.93. The molecule has 5 nitrogen and oxygen atoms in total. The Morgan fingerprint density at radius 3 is 2.29 bits per heavy atom. The maximum Gasteiger partial charge on any atom is 0.240 e. The lowest BCUT2D eigenvalue weighted by Crippen LogP contribution is -2.40. The first-order chi connectivity index (χ1) is 10.9. The van der Waals surface area contributed by atoms with E-state index in [9.17, 15) is 8.42 Å². The maximum absolute atomic E-state index is 12.4. The van der Waals surface area contributed by atoms with Crippen LogP contribution in [-0.4, -0.2) is 27.1 Å². The summed E-state index contributed by atoms with van der Waals surface area (Å²) in [6, 6.07) is 6.82. The number of ether oxygens (including phenoxy) is 1. The highest BCUT2D eigenvalue weighted by Gasteiger charge is 2.24. The van der Waals surface area contributed by atoms with E-state index in [1.165, 1.54) is 0 Å². The smallest absolute Gasteiger partial charge is 0.240 e. The van der Waals surface area contributed by atoms with Crippen LogP contribution in [0.3, 0.4) is 0 Å². The summed E-state index contributed by atoms with van der Waals surface area (Å²) in [4.78, 5) is 0.281. The highest BCUT2D eigenvalue weighted by molar-refractivity contribution is 7.89. The van der Waals surface area contributed by atoms with E-state index in [2.05, 4.69) is 18.6 Å². The largest absolute Gasteiger partial charge is 0.494 e. The quantitative estimate of drug-likeness (QED) is 0.766. The number of nitrogens with one attached hydrogen (secondary N) is 1. The van der Waals surface area contributed by atoms with E-state index in [4.69, 9.17) is 10.5 Å². The highest BCUT2D eigenvalue weighted by atomic mass is 35.5. The van der Waals surface area contributed by atoms with Crippen molar-refractivity contribution in [2.24, 2.45) is 11.7 Å². The van der Waals surface area contributed by atoms with Gasteiger partial charge in [-0.3, -0.25) is 0 Å². The Bertz CT molecular complexity index is 582. The number of nitrogens with two attached hydrogens (primary N) is 1. The second-order valence-corrected chi connectivity index (χ2v) is 8.45. The van der Waals surface area contributed by atoms with Crippen molar-refractivity contribution in [1.82, 2.24) is 4.72 Å². The van der Waals surface area contributed by atoms with E-state index in [1.807, 2.05) is 0 Å². The molecule has 1 aromatic rings. The molecule has 1 saturated carbocycles. The molecule has 0 unspecified atom stereocenters. The van der Waals surface area contributed by atoms with Gasteiger partial charge in [0, 0.05) is 12.1 Å². The summed E-state index contributed by atoms with van der Waals surface area (Å²) in [5.74, 6) is 1.29. The van der Waals surface area contributed by atoms with Gasteiger partial charge in [-0.2, -0.15) is 0 Å². The molecular weight excluding hydrogens is 348 g/mol. The van der Waals surface area contributed by atoms with E-state index in [-0.39, 0.29) is 29.4 Å². The molecule has 0 heterocycles. The molecule has 7 heteroatoms. The highest BCUT2D eigenvalue weighted by Crippen LogP contribution is 2.21. The zero-order valence-corrected chi connectivity index (χ0v) is 16.0. The number of benzene rings is 1. The van der Waals surface area contributed by atoms with Crippen molar-refractivity contribution in [3.8, 4) is 5.75 Å². The second-order valence-electron chi connectivity index (χ2n) is 6.74. The minimum atomic E-state index is -3.47. The average molecular weight is 377 g/mol. The van der Waals surface area contributed by atoms with Crippen LogP contribution in [0.2, 0.25) is 0 Å². The maximum atomic E-state index is 12.4. The lowest BCUT2D eigenvalue weighted by Gasteiger charge is -2.26. The summed E-state index contributed by atoms with van der Waals surface area (Å²) in [7, 11) is -3.47. The van der Waals surface area contributed by atoms with E-state index in [0.29, 0.717) is 18.3 Å². The Morgan fingerprint density at radius 1 is 1.17 bits per heavy atom. The Hall–Kier alpha value is -0.820. The molecular formula is C17H29ClN2O3S. The summed E-state index contributed by atoms with van der Waals surface area (Å²) in [5.41, 5.74) is 5.86. The molecule has 0 radical (unpaired) electrons. The van der Waals surface area contributed by atoms with Crippen molar-refractivity contribution in [3.05, 3.63) is 24.3 Å². The fourth-order valence-corrected chi connectivity index (χ4v) is 3.96. The molecule has 0 aromatic heterocycles. The molecule has 1 fully saturated rings. The number of sulfonamides is 1. The molecule has 0 amide bonds. The Labute approximate surface area is 151 Å². The van der Waals surface area contributed by atoms with E-state index < -0.39 is 10.0 Å². The molecule has 3 N–H and O–H groups in total. The molecule has 0 aliphatic heterocycles. The normalized spacial score (nSPS) is 21.3. The number of rotatable bonds is 7. The summed E-state index contributed by atoms with van der Waals surface area (Å²) in [5, 5.41) is 0. The number of hydrogen-bond acceptors (Lipinski definition) is 4.